The number of aromatic nitrogens is 1. The number of hydrogen-bond donors (Lipinski definition) is 1. The highest BCUT2D eigenvalue weighted by Gasteiger charge is 2.38. The molecule has 0 bridgehead atoms. The Hall–Kier alpha value is -0.970. The topological polar surface area (TPSA) is 34.2 Å². The predicted molar refractivity (Wildman–Crippen MR) is 98.3 cm³/mol. The Kier molecular flexibility index (Phi) is 5.34. The van der Waals surface area contributed by atoms with E-state index in [4.69, 9.17) is 9.47 Å². The molecule has 0 radical (unpaired) electrons. The lowest BCUT2D eigenvalue weighted by Gasteiger charge is -2.36. The maximum atomic E-state index is 6.31. The SMILES string of the molecule is CCc1cccc2c3c([nH]c12)C(CC)(CCOCSC)OCC3. The fourth-order valence-corrected chi connectivity index (χ4v) is 4.01. The van der Waals surface area contributed by atoms with Gasteiger partial charge in [-0.15, -0.1) is 11.8 Å². The molecule has 1 aromatic carbocycles. The lowest BCUT2D eigenvalue weighted by Crippen LogP contribution is -2.36. The van der Waals surface area contributed by atoms with E-state index in [2.05, 4.69) is 43.3 Å². The second-order valence-corrected chi connectivity index (χ2v) is 7.00. The summed E-state index contributed by atoms with van der Waals surface area (Å²) < 4.78 is 12.0. The summed E-state index contributed by atoms with van der Waals surface area (Å²) in [6.07, 6.45) is 5.99. The molecule has 3 nitrogen and oxygen atoms in total. The Morgan fingerprint density at radius 3 is 2.96 bits per heavy atom. The number of thioether (sulfide) groups is 1. The molecule has 1 aliphatic rings. The molecule has 126 valence electrons. The highest BCUT2D eigenvalue weighted by atomic mass is 32.2. The number of aryl methyl sites for hydroxylation is 1. The van der Waals surface area contributed by atoms with Gasteiger partial charge in [-0.05, 0) is 36.6 Å². The van der Waals surface area contributed by atoms with Crippen LogP contribution < -0.4 is 0 Å². The van der Waals surface area contributed by atoms with E-state index in [1.54, 1.807) is 11.8 Å². The van der Waals surface area contributed by atoms with Crippen molar-refractivity contribution in [3.05, 3.63) is 35.0 Å². The van der Waals surface area contributed by atoms with Crippen LogP contribution in [-0.2, 0) is 27.9 Å². The fraction of sp³-hybridized carbons (Fsp3) is 0.579. The smallest absolute Gasteiger partial charge is 0.110 e. The maximum Gasteiger partial charge on any atom is 0.110 e. The minimum absolute atomic E-state index is 0.226. The van der Waals surface area contributed by atoms with Crippen molar-refractivity contribution in [2.45, 2.75) is 45.1 Å². The predicted octanol–water partition coefficient (Wildman–Crippen LogP) is 4.64. The maximum absolute atomic E-state index is 6.31. The lowest BCUT2D eigenvalue weighted by molar-refractivity contribution is -0.0830. The van der Waals surface area contributed by atoms with Crippen molar-refractivity contribution in [3.8, 4) is 0 Å². The molecule has 4 heteroatoms. The van der Waals surface area contributed by atoms with Gasteiger partial charge in [0, 0.05) is 17.3 Å². The number of nitrogens with one attached hydrogen (secondary N) is 1. The first-order chi connectivity index (χ1) is 11.3. The third kappa shape index (κ3) is 3.04. The normalized spacial score (nSPS) is 20.8. The molecule has 1 aromatic heterocycles. The Morgan fingerprint density at radius 1 is 1.35 bits per heavy atom. The van der Waals surface area contributed by atoms with Gasteiger partial charge >= 0.3 is 0 Å². The molecule has 1 atom stereocenters. The average molecular weight is 333 g/mol. The van der Waals surface area contributed by atoms with Gasteiger partial charge in [-0.2, -0.15) is 0 Å². The molecule has 0 spiro atoms. The van der Waals surface area contributed by atoms with Gasteiger partial charge in [0.1, 0.15) is 5.60 Å². The second-order valence-electron chi connectivity index (χ2n) is 6.18. The number of para-hydroxylation sites is 1. The number of benzene rings is 1. The first kappa shape index (κ1) is 16.9. The zero-order valence-corrected chi connectivity index (χ0v) is 15.2. The van der Waals surface area contributed by atoms with E-state index in [1.165, 1.54) is 27.7 Å². The van der Waals surface area contributed by atoms with Gasteiger partial charge in [-0.3, -0.25) is 0 Å². The zero-order valence-electron chi connectivity index (χ0n) is 14.4. The Bertz CT molecular complexity index is 667. The van der Waals surface area contributed by atoms with Crippen LogP contribution in [0.3, 0.4) is 0 Å². The average Bonchev–Trinajstić information content (AvgIpc) is 2.98. The van der Waals surface area contributed by atoms with Gasteiger partial charge in [-0.25, -0.2) is 0 Å². The molecule has 2 heterocycles. The first-order valence-electron chi connectivity index (χ1n) is 8.59. The van der Waals surface area contributed by atoms with E-state index in [1.807, 2.05) is 0 Å². The summed E-state index contributed by atoms with van der Waals surface area (Å²) in [5.74, 6) is 0.749. The molecule has 1 aliphatic heterocycles. The van der Waals surface area contributed by atoms with E-state index >= 15 is 0 Å². The molecule has 0 aliphatic carbocycles. The Balaban J connectivity index is 2.00. The first-order valence-corrected chi connectivity index (χ1v) is 9.98. The monoisotopic (exact) mass is 333 g/mol. The minimum atomic E-state index is -0.226. The van der Waals surface area contributed by atoms with Gasteiger partial charge in [0.25, 0.3) is 0 Å². The van der Waals surface area contributed by atoms with E-state index in [0.717, 1.165) is 44.8 Å². The van der Waals surface area contributed by atoms with Crippen LogP contribution in [0.15, 0.2) is 18.2 Å². The van der Waals surface area contributed by atoms with Crippen LogP contribution in [0.1, 0.15) is 43.5 Å². The number of ether oxygens (including phenoxy) is 2. The molecule has 1 unspecified atom stereocenters. The van der Waals surface area contributed by atoms with Crippen LogP contribution in [-0.4, -0.2) is 30.4 Å². The van der Waals surface area contributed by atoms with Crippen molar-refractivity contribution < 1.29 is 9.47 Å². The Morgan fingerprint density at radius 2 is 2.22 bits per heavy atom. The number of hydrogen-bond acceptors (Lipinski definition) is 3. The number of H-pyrrole nitrogens is 1. The molecule has 0 fully saturated rings. The third-order valence-corrected chi connectivity index (χ3v) is 5.42. The molecule has 0 saturated heterocycles. The molecule has 0 amide bonds. The van der Waals surface area contributed by atoms with Crippen molar-refractivity contribution in [2.24, 2.45) is 0 Å². The van der Waals surface area contributed by atoms with Crippen molar-refractivity contribution in [1.82, 2.24) is 4.98 Å². The highest BCUT2D eigenvalue weighted by molar-refractivity contribution is 7.98. The van der Waals surface area contributed by atoms with Crippen LogP contribution >= 0.6 is 11.8 Å². The standard InChI is InChI=1S/C19H27NO2S/c1-4-14-7-6-8-15-16-9-11-22-19(5-2,10-12-21-13-23-3)18(16)20-17(14)15/h6-8,20H,4-5,9-13H2,1-3H3. The number of aromatic amines is 1. The zero-order chi connectivity index (χ0) is 16.3. The molecular weight excluding hydrogens is 306 g/mol. The van der Waals surface area contributed by atoms with Crippen LogP contribution in [0, 0.1) is 0 Å². The van der Waals surface area contributed by atoms with Crippen LogP contribution in [0.4, 0.5) is 0 Å². The van der Waals surface area contributed by atoms with Crippen LogP contribution in [0.25, 0.3) is 10.9 Å². The summed E-state index contributed by atoms with van der Waals surface area (Å²) in [5.41, 5.74) is 5.20. The summed E-state index contributed by atoms with van der Waals surface area (Å²) in [7, 11) is 0. The van der Waals surface area contributed by atoms with E-state index in [9.17, 15) is 0 Å². The molecule has 3 rings (SSSR count). The summed E-state index contributed by atoms with van der Waals surface area (Å²) in [6.45, 7) is 5.97. The molecule has 23 heavy (non-hydrogen) atoms. The quantitative estimate of drug-likeness (QED) is 0.592. The van der Waals surface area contributed by atoms with Gasteiger partial charge in [-0.1, -0.05) is 32.0 Å². The van der Waals surface area contributed by atoms with Crippen molar-refractivity contribution in [3.63, 3.8) is 0 Å². The van der Waals surface area contributed by atoms with Gasteiger partial charge in [0.2, 0.25) is 0 Å². The summed E-state index contributed by atoms with van der Waals surface area (Å²) in [5, 5.41) is 1.38. The van der Waals surface area contributed by atoms with Gasteiger partial charge in [0.15, 0.2) is 0 Å². The lowest BCUT2D eigenvalue weighted by atomic mass is 9.86. The van der Waals surface area contributed by atoms with Gasteiger partial charge in [0.05, 0.1) is 24.8 Å². The largest absolute Gasteiger partial charge is 0.371 e. The third-order valence-electron chi connectivity index (χ3n) is 5.02. The summed E-state index contributed by atoms with van der Waals surface area (Å²) >= 11 is 1.72. The summed E-state index contributed by atoms with van der Waals surface area (Å²) in [4.78, 5) is 3.73. The molecule has 1 N–H and O–H groups in total. The van der Waals surface area contributed by atoms with Crippen molar-refractivity contribution in [2.75, 3.05) is 25.4 Å². The van der Waals surface area contributed by atoms with E-state index in [0.29, 0.717) is 0 Å². The summed E-state index contributed by atoms with van der Waals surface area (Å²) in [6, 6.07) is 6.65. The minimum Gasteiger partial charge on any atom is -0.371 e. The van der Waals surface area contributed by atoms with Crippen molar-refractivity contribution in [1.29, 1.82) is 0 Å². The highest BCUT2D eigenvalue weighted by Crippen LogP contribution is 2.42. The fourth-order valence-electron chi connectivity index (χ4n) is 3.73. The number of fused-ring (bicyclic) bond motifs is 3. The van der Waals surface area contributed by atoms with Gasteiger partial charge < -0.3 is 14.5 Å². The molecular formula is C19H27NO2S. The van der Waals surface area contributed by atoms with Crippen molar-refractivity contribution >= 4 is 22.7 Å². The van der Waals surface area contributed by atoms with E-state index < -0.39 is 0 Å². The Labute approximate surface area is 143 Å². The molecule has 0 saturated carbocycles. The van der Waals surface area contributed by atoms with E-state index in [-0.39, 0.29) is 5.60 Å². The van der Waals surface area contributed by atoms with Crippen LogP contribution in [0.2, 0.25) is 0 Å². The number of rotatable bonds is 7. The van der Waals surface area contributed by atoms with Crippen LogP contribution in [0.5, 0.6) is 0 Å². The second kappa shape index (κ2) is 7.29. The molecule has 2 aromatic rings.